The molecule has 4 N–H and O–H groups in total. The molecule has 2 aromatic carbocycles. The van der Waals surface area contributed by atoms with Crippen LogP contribution >= 0.6 is 23.2 Å². The van der Waals surface area contributed by atoms with E-state index in [2.05, 4.69) is 10.3 Å². The van der Waals surface area contributed by atoms with Gasteiger partial charge in [0.2, 0.25) is 0 Å². The molecule has 0 radical (unpaired) electrons. The second-order valence-electron chi connectivity index (χ2n) is 5.12. The molecule has 11 heteroatoms. The van der Waals surface area contributed by atoms with Gasteiger partial charge in [-0.05, 0) is 24.3 Å². The number of carbonyl (C=O) groups is 2. The van der Waals surface area contributed by atoms with Gasteiger partial charge in [0.05, 0.1) is 12.1 Å². The number of aliphatic carboxylic acids is 1. The predicted molar refractivity (Wildman–Crippen MR) is 95.6 cm³/mol. The summed E-state index contributed by atoms with van der Waals surface area (Å²) in [7, 11) is 0. The maximum absolute atomic E-state index is 11.9. The molecule has 2 aromatic rings. The lowest BCUT2D eigenvalue weighted by Gasteiger charge is -2.04. The van der Waals surface area contributed by atoms with E-state index in [1.54, 1.807) is 18.2 Å². The van der Waals surface area contributed by atoms with Crippen molar-refractivity contribution in [3.05, 3.63) is 64.1 Å². The lowest BCUT2D eigenvalue weighted by Crippen LogP contribution is -2.74. The van der Waals surface area contributed by atoms with Crippen LogP contribution in [0.3, 0.4) is 0 Å². The first kappa shape index (κ1) is 23.3. The number of nitrogens with two attached hydrogens (primary N) is 1. The third kappa shape index (κ3) is 8.28. The van der Waals surface area contributed by atoms with Crippen molar-refractivity contribution in [2.24, 2.45) is 5.73 Å². The minimum Gasteiger partial charge on any atom is -0.542 e. The average Bonchev–Trinajstić information content (AvgIpc) is 2.58. The largest absolute Gasteiger partial charge is 0.542 e. The van der Waals surface area contributed by atoms with Gasteiger partial charge in [-0.15, -0.1) is 0 Å². The molecule has 0 aliphatic heterocycles. The van der Waals surface area contributed by atoms with Crippen LogP contribution in [0.5, 0.6) is 0 Å². The molecule has 150 valence electrons. The van der Waals surface area contributed by atoms with Gasteiger partial charge in [-0.2, -0.15) is 13.2 Å². The van der Waals surface area contributed by atoms with E-state index in [1.165, 1.54) is 0 Å². The number of amides is 1. The molecule has 0 aromatic heterocycles. The Labute approximate surface area is 167 Å². The van der Waals surface area contributed by atoms with Crippen LogP contribution in [0.2, 0.25) is 10.0 Å². The highest BCUT2D eigenvalue weighted by Gasteiger charge is 2.28. The van der Waals surface area contributed by atoms with Crippen molar-refractivity contribution in [1.29, 1.82) is 0 Å². The molecule has 0 saturated carbocycles. The van der Waals surface area contributed by atoms with Crippen LogP contribution in [-0.4, -0.2) is 24.0 Å². The van der Waals surface area contributed by atoms with Gasteiger partial charge in [0, 0.05) is 15.6 Å². The van der Waals surface area contributed by atoms with Gasteiger partial charge in [0.25, 0.3) is 5.91 Å². The molecule has 0 bridgehead atoms. The van der Waals surface area contributed by atoms with E-state index in [4.69, 9.17) is 38.8 Å². The van der Waals surface area contributed by atoms with Crippen LogP contribution in [0.15, 0.2) is 48.5 Å². The number of carbonyl (C=O) groups excluding carboxylic acids is 2. The number of rotatable bonds is 3. The number of carboxylic acids is 1. The molecule has 0 atom stereocenters. The first-order valence-corrected chi connectivity index (χ1v) is 8.21. The van der Waals surface area contributed by atoms with Gasteiger partial charge in [0.1, 0.15) is 5.97 Å². The monoisotopic (exact) mass is 435 g/mol. The molecule has 0 unspecified atom stereocenters. The van der Waals surface area contributed by atoms with Gasteiger partial charge in [0.15, 0.2) is 0 Å². The molecular weight excluding hydrogens is 422 g/mol. The van der Waals surface area contributed by atoms with Gasteiger partial charge in [-0.1, -0.05) is 47.5 Å². The molecule has 2 rings (SSSR count). The Morgan fingerprint density at radius 1 is 1.04 bits per heavy atom. The third-order valence-electron chi connectivity index (χ3n) is 2.96. The number of nitrogens with one attached hydrogen (secondary N) is 2. The first-order chi connectivity index (χ1) is 13.0. The molecule has 0 saturated heterocycles. The maximum atomic E-state index is 11.9. The standard InChI is InChI=1S/C15H13Cl2N3O.C2HF3O2/c16-12-7-4-8-13(17)11(12)9-14(21)20-15(18)19-10-5-2-1-3-6-10;3-2(4,5)1(6)7/h1-8H,9H2,(H3,18,19,20,21);(H,6,7). The Morgan fingerprint density at radius 2 is 1.54 bits per heavy atom. The summed E-state index contributed by atoms with van der Waals surface area (Å²) in [6.45, 7) is 0. The summed E-state index contributed by atoms with van der Waals surface area (Å²) in [5.41, 5.74) is 7.10. The summed E-state index contributed by atoms with van der Waals surface area (Å²) in [5, 5.41) is 12.2. The molecule has 28 heavy (non-hydrogen) atoms. The fourth-order valence-electron chi connectivity index (χ4n) is 1.76. The first-order valence-electron chi connectivity index (χ1n) is 7.46. The third-order valence-corrected chi connectivity index (χ3v) is 3.67. The van der Waals surface area contributed by atoms with Crippen LogP contribution in [0, 0.1) is 0 Å². The fourth-order valence-corrected chi connectivity index (χ4v) is 2.30. The van der Waals surface area contributed by atoms with E-state index in [-0.39, 0.29) is 18.3 Å². The average molecular weight is 436 g/mol. The Balaban J connectivity index is 0.000000480. The molecule has 0 aliphatic rings. The predicted octanol–water partition coefficient (Wildman–Crippen LogP) is 0.678. The van der Waals surface area contributed by atoms with Crippen LogP contribution in [0.1, 0.15) is 5.56 Å². The number of para-hydroxylation sites is 1. The quantitative estimate of drug-likeness (QED) is 0.486. The van der Waals surface area contributed by atoms with Gasteiger partial charge in [-0.25, -0.2) is 10.3 Å². The van der Waals surface area contributed by atoms with Crippen molar-refractivity contribution >= 4 is 46.7 Å². The normalized spacial score (nSPS) is 11.2. The van der Waals surface area contributed by atoms with Crippen LogP contribution in [0.25, 0.3) is 0 Å². The highest BCUT2D eigenvalue weighted by Crippen LogP contribution is 2.24. The lowest BCUT2D eigenvalue weighted by atomic mass is 10.1. The highest BCUT2D eigenvalue weighted by atomic mass is 35.5. The smallest absolute Gasteiger partial charge is 0.430 e. The lowest BCUT2D eigenvalue weighted by molar-refractivity contribution is -0.357. The number of halogens is 5. The topological polar surface area (TPSA) is 109 Å². The Morgan fingerprint density at radius 3 is 2.00 bits per heavy atom. The van der Waals surface area contributed by atoms with Crippen molar-refractivity contribution in [1.82, 2.24) is 5.32 Å². The number of carboxylic acid groups (broad SMARTS) is 1. The van der Waals surface area contributed by atoms with E-state index < -0.39 is 12.1 Å². The maximum Gasteiger partial charge on any atom is 0.430 e. The summed E-state index contributed by atoms with van der Waals surface area (Å²) >= 11 is 12.0. The zero-order valence-electron chi connectivity index (χ0n) is 14.0. The van der Waals surface area contributed by atoms with Gasteiger partial charge >= 0.3 is 12.1 Å². The molecule has 6 nitrogen and oxygen atoms in total. The van der Waals surface area contributed by atoms with Gasteiger partial charge in [-0.3, -0.25) is 10.5 Å². The minimum atomic E-state index is -5.19. The van der Waals surface area contributed by atoms with Crippen molar-refractivity contribution in [2.45, 2.75) is 12.6 Å². The Bertz CT molecular complexity index is 839. The SMILES string of the molecule is NC(NC(=O)Cc1c(Cl)cccc1Cl)=[NH+]c1ccccc1.O=C([O-])C(F)(F)F. The van der Waals surface area contributed by atoms with Crippen LogP contribution in [-0.2, 0) is 16.0 Å². The zero-order chi connectivity index (χ0) is 21.3. The number of hydrogen-bond donors (Lipinski definition) is 3. The van der Waals surface area contributed by atoms with Crippen LogP contribution in [0.4, 0.5) is 18.9 Å². The van der Waals surface area contributed by atoms with Crippen molar-refractivity contribution in [3.63, 3.8) is 0 Å². The van der Waals surface area contributed by atoms with E-state index >= 15 is 0 Å². The summed E-state index contributed by atoms with van der Waals surface area (Å²) < 4.78 is 31.5. The molecule has 0 spiro atoms. The van der Waals surface area contributed by atoms with Gasteiger partial charge < -0.3 is 9.90 Å². The summed E-state index contributed by atoms with van der Waals surface area (Å²) in [6, 6.07) is 14.4. The number of guanidine groups is 1. The fraction of sp³-hybridized carbons (Fsp3) is 0.118. The summed E-state index contributed by atoms with van der Waals surface area (Å²) in [6.07, 6.45) is -5.14. The van der Waals surface area contributed by atoms with Crippen LogP contribution < -0.4 is 21.1 Å². The Hall–Kier alpha value is -2.78. The molecule has 1 amide bonds. The number of benzene rings is 2. The van der Waals surface area contributed by atoms with E-state index in [0.717, 1.165) is 5.69 Å². The molecule has 0 heterocycles. The summed E-state index contributed by atoms with van der Waals surface area (Å²) in [5.74, 6) is -3.16. The van der Waals surface area contributed by atoms with E-state index in [1.807, 2.05) is 30.3 Å². The van der Waals surface area contributed by atoms with E-state index in [9.17, 15) is 18.0 Å². The number of alkyl halides is 3. The van der Waals surface area contributed by atoms with E-state index in [0.29, 0.717) is 15.6 Å². The van der Waals surface area contributed by atoms with Crippen molar-refractivity contribution < 1.29 is 32.9 Å². The Kier molecular flexibility index (Phi) is 8.75. The van der Waals surface area contributed by atoms with Crippen molar-refractivity contribution in [3.8, 4) is 0 Å². The minimum absolute atomic E-state index is 0.0513. The zero-order valence-corrected chi connectivity index (χ0v) is 15.5. The number of hydrogen-bond acceptors (Lipinski definition) is 3. The molecular formula is C17H14Cl2F3N3O3. The van der Waals surface area contributed by atoms with Crippen molar-refractivity contribution in [2.75, 3.05) is 0 Å². The second kappa shape index (κ2) is 10.5. The molecule has 0 aliphatic carbocycles. The summed E-state index contributed by atoms with van der Waals surface area (Å²) in [4.78, 5) is 23.6. The molecule has 0 fully saturated rings. The highest BCUT2D eigenvalue weighted by molar-refractivity contribution is 6.36. The second-order valence-corrected chi connectivity index (χ2v) is 5.93.